The summed E-state index contributed by atoms with van der Waals surface area (Å²) in [6.45, 7) is 10.1. The van der Waals surface area contributed by atoms with Crippen molar-refractivity contribution >= 4 is 0 Å². The molecule has 0 aliphatic rings. The summed E-state index contributed by atoms with van der Waals surface area (Å²) in [5, 5.41) is 8.76. The molecular formula is C10H18O. The molecule has 0 aromatic rings. The van der Waals surface area contributed by atoms with Crippen LogP contribution >= 0.6 is 0 Å². The zero-order valence-corrected chi connectivity index (χ0v) is 7.67. The van der Waals surface area contributed by atoms with E-state index in [1.807, 2.05) is 13.0 Å². The zero-order valence-electron chi connectivity index (χ0n) is 7.67. The molecule has 0 heterocycles. The lowest BCUT2D eigenvalue weighted by atomic mass is 9.94. The first-order valence-corrected chi connectivity index (χ1v) is 4.02. The molecule has 0 fully saturated rings. The minimum absolute atomic E-state index is 0.150. The Bertz CT molecular complexity index is 145. The quantitative estimate of drug-likeness (QED) is 0.616. The van der Waals surface area contributed by atoms with Gasteiger partial charge in [-0.05, 0) is 18.8 Å². The van der Waals surface area contributed by atoms with Crippen LogP contribution in [0.5, 0.6) is 0 Å². The highest BCUT2D eigenvalue weighted by Crippen LogP contribution is 2.14. The van der Waals surface area contributed by atoms with Gasteiger partial charge < -0.3 is 5.11 Å². The predicted molar refractivity (Wildman–Crippen MR) is 49.4 cm³/mol. The number of allylic oxidation sites excluding steroid dienone is 2. The maximum Gasteiger partial charge on any atom is 0.0639 e. The molecule has 0 spiro atoms. The second-order valence-corrected chi connectivity index (χ2v) is 3.23. The lowest BCUT2D eigenvalue weighted by molar-refractivity contribution is 0.329. The Balaban J connectivity index is 4.17. The first-order valence-electron chi connectivity index (χ1n) is 4.02. The molecule has 0 aliphatic heterocycles. The van der Waals surface area contributed by atoms with E-state index in [1.54, 1.807) is 0 Å². The molecule has 0 aromatic carbocycles. The van der Waals surface area contributed by atoms with Gasteiger partial charge >= 0.3 is 0 Å². The molecule has 0 rings (SSSR count). The lowest BCUT2D eigenvalue weighted by Crippen LogP contribution is -2.03. The van der Waals surface area contributed by atoms with E-state index in [9.17, 15) is 0 Å². The van der Waals surface area contributed by atoms with Gasteiger partial charge in [-0.2, -0.15) is 0 Å². The van der Waals surface area contributed by atoms with Gasteiger partial charge in [0.05, 0.1) is 6.61 Å². The van der Waals surface area contributed by atoms with Crippen LogP contribution in [0, 0.1) is 11.8 Å². The molecule has 0 saturated heterocycles. The van der Waals surface area contributed by atoms with Gasteiger partial charge in [-0.3, -0.25) is 0 Å². The van der Waals surface area contributed by atoms with Crippen LogP contribution in [0.4, 0.5) is 0 Å². The third-order valence-electron chi connectivity index (χ3n) is 1.77. The molecule has 11 heavy (non-hydrogen) atoms. The molecule has 0 aliphatic carbocycles. The summed E-state index contributed by atoms with van der Waals surface area (Å²) in [5.74, 6) is 0.955. The summed E-state index contributed by atoms with van der Waals surface area (Å²) in [6, 6.07) is 0. The van der Waals surface area contributed by atoms with Crippen molar-refractivity contribution in [3.05, 3.63) is 24.3 Å². The van der Waals surface area contributed by atoms with Crippen LogP contribution in [0.1, 0.15) is 20.8 Å². The van der Waals surface area contributed by atoms with Crippen molar-refractivity contribution < 1.29 is 5.11 Å². The average molecular weight is 154 g/mol. The van der Waals surface area contributed by atoms with E-state index in [0.717, 1.165) is 5.57 Å². The molecule has 0 aromatic heterocycles. The van der Waals surface area contributed by atoms with E-state index in [-0.39, 0.29) is 6.61 Å². The Kier molecular flexibility index (Phi) is 4.88. The summed E-state index contributed by atoms with van der Waals surface area (Å²) in [4.78, 5) is 0. The summed E-state index contributed by atoms with van der Waals surface area (Å²) in [5.41, 5.74) is 1.02. The van der Waals surface area contributed by atoms with Crippen molar-refractivity contribution in [3.8, 4) is 0 Å². The van der Waals surface area contributed by atoms with Crippen molar-refractivity contribution in [2.75, 3.05) is 6.61 Å². The highest BCUT2D eigenvalue weighted by Gasteiger charge is 2.04. The largest absolute Gasteiger partial charge is 0.392 e. The van der Waals surface area contributed by atoms with Gasteiger partial charge in [0.1, 0.15) is 0 Å². The van der Waals surface area contributed by atoms with E-state index >= 15 is 0 Å². The number of hydrogen-bond donors (Lipinski definition) is 1. The molecule has 0 saturated carbocycles. The van der Waals surface area contributed by atoms with Crippen LogP contribution in [-0.4, -0.2) is 11.7 Å². The fourth-order valence-corrected chi connectivity index (χ4v) is 0.914. The Morgan fingerprint density at radius 2 is 2.09 bits per heavy atom. The summed E-state index contributed by atoms with van der Waals surface area (Å²) in [6.07, 6.45) is 3.99. The van der Waals surface area contributed by atoms with Gasteiger partial charge in [0.25, 0.3) is 0 Å². The molecule has 0 radical (unpaired) electrons. The highest BCUT2D eigenvalue weighted by molar-refractivity contribution is 5.06. The van der Waals surface area contributed by atoms with E-state index in [0.29, 0.717) is 11.8 Å². The van der Waals surface area contributed by atoms with Crippen molar-refractivity contribution in [2.45, 2.75) is 20.8 Å². The van der Waals surface area contributed by atoms with E-state index < -0.39 is 0 Å². The SMILES string of the molecule is C=CC(C=C(C)CO)C(C)C. The third kappa shape index (κ3) is 3.99. The second kappa shape index (κ2) is 5.14. The minimum Gasteiger partial charge on any atom is -0.392 e. The summed E-state index contributed by atoms with van der Waals surface area (Å²) in [7, 11) is 0. The maximum absolute atomic E-state index is 8.76. The van der Waals surface area contributed by atoms with E-state index in [1.165, 1.54) is 0 Å². The average Bonchev–Trinajstić information content (AvgIpc) is 1.99. The second-order valence-electron chi connectivity index (χ2n) is 3.23. The maximum atomic E-state index is 8.76. The molecule has 1 heteroatoms. The Labute approximate surface area is 69.4 Å². The van der Waals surface area contributed by atoms with Crippen LogP contribution in [0.15, 0.2) is 24.3 Å². The van der Waals surface area contributed by atoms with E-state index in [4.69, 9.17) is 5.11 Å². The van der Waals surface area contributed by atoms with Crippen molar-refractivity contribution in [1.82, 2.24) is 0 Å². The Morgan fingerprint density at radius 3 is 2.36 bits per heavy atom. The van der Waals surface area contributed by atoms with Gasteiger partial charge in [0.2, 0.25) is 0 Å². The number of aliphatic hydroxyl groups is 1. The van der Waals surface area contributed by atoms with Crippen LogP contribution < -0.4 is 0 Å². The van der Waals surface area contributed by atoms with E-state index in [2.05, 4.69) is 26.5 Å². The molecule has 64 valence electrons. The van der Waals surface area contributed by atoms with Gasteiger partial charge in [-0.1, -0.05) is 31.6 Å². The van der Waals surface area contributed by atoms with Gasteiger partial charge in [0.15, 0.2) is 0 Å². The van der Waals surface area contributed by atoms with Crippen molar-refractivity contribution in [2.24, 2.45) is 11.8 Å². The standard InChI is InChI=1S/C10H18O/c1-5-10(8(2)3)6-9(4)7-11/h5-6,8,10-11H,1,7H2,2-4H3. The van der Waals surface area contributed by atoms with Gasteiger partial charge in [0, 0.05) is 0 Å². The Hall–Kier alpha value is -0.560. The fourth-order valence-electron chi connectivity index (χ4n) is 0.914. The number of aliphatic hydroxyl groups excluding tert-OH is 1. The lowest BCUT2D eigenvalue weighted by Gasteiger charge is -2.12. The molecule has 1 unspecified atom stereocenters. The highest BCUT2D eigenvalue weighted by atomic mass is 16.3. The van der Waals surface area contributed by atoms with Gasteiger partial charge in [-0.25, -0.2) is 0 Å². The molecule has 1 N–H and O–H groups in total. The Morgan fingerprint density at radius 1 is 1.55 bits per heavy atom. The smallest absolute Gasteiger partial charge is 0.0639 e. The molecule has 1 nitrogen and oxygen atoms in total. The normalized spacial score (nSPS) is 15.2. The first kappa shape index (κ1) is 10.4. The topological polar surface area (TPSA) is 20.2 Å². The van der Waals surface area contributed by atoms with Crippen LogP contribution in [0.2, 0.25) is 0 Å². The molecule has 0 amide bonds. The number of hydrogen-bond acceptors (Lipinski definition) is 1. The summed E-state index contributed by atoms with van der Waals surface area (Å²) >= 11 is 0. The molecule has 0 bridgehead atoms. The number of rotatable bonds is 4. The van der Waals surface area contributed by atoms with Crippen LogP contribution in [0.25, 0.3) is 0 Å². The monoisotopic (exact) mass is 154 g/mol. The van der Waals surface area contributed by atoms with Crippen LogP contribution in [0.3, 0.4) is 0 Å². The predicted octanol–water partition coefficient (Wildman–Crippen LogP) is 2.38. The first-order chi connectivity index (χ1) is 5.11. The van der Waals surface area contributed by atoms with Crippen LogP contribution in [-0.2, 0) is 0 Å². The fraction of sp³-hybridized carbons (Fsp3) is 0.600. The van der Waals surface area contributed by atoms with Gasteiger partial charge in [-0.15, -0.1) is 6.58 Å². The molecular weight excluding hydrogens is 136 g/mol. The zero-order chi connectivity index (χ0) is 8.85. The summed E-state index contributed by atoms with van der Waals surface area (Å²) < 4.78 is 0. The minimum atomic E-state index is 0.150. The van der Waals surface area contributed by atoms with Crippen molar-refractivity contribution in [1.29, 1.82) is 0 Å². The third-order valence-corrected chi connectivity index (χ3v) is 1.77. The molecule has 1 atom stereocenters. The van der Waals surface area contributed by atoms with Crippen molar-refractivity contribution in [3.63, 3.8) is 0 Å².